The van der Waals surface area contributed by atoms with E-state index in [1.165, 1.54) is 35.5 Å². The lowest BCUT2D eigenvalue weighted by Gasteiger charge is -2.36. The van der Waals surface area contributed by atoms with Crippen LogP contribution in [0.2, 0.25) is 5.02 Å². The van der Waals surface area contributed by atoms with Gasteiger partial charge in [-0.3, -0.25) is 24.2 Å². The van der Waals surface area contributed by atoms with E-state index in [4.69, 9.17) is 11.6 Å². The van der Waals surface area contributed by atoms with E-state index in [1.807, 2.05) is 0 Å². The van der Waals surface area contributed by atoms with Crippen molar-refractivity contribution in [3.63, 3.8) is 0 Å². The largest absolute Gasteiger partial charge is 0.351 e. The van der Waals surface area contributed by atoms with Crippen LogP contribution in [0.15, 0.2) is 67.0 Å². The number of carbonyl (C=O) groups is 3. The molecule has 0 spiro atoms. The highest BCUT2D eigenvalue weighted by Crippen LogP contribution is 2.37. The SMILES string of the molecule is O=C(NC1CCC(F)(F)CC1)[C@@H](c1ccccc1Cl)N(C(=O)[C@@H]1CCC(=O)N1c1ncccn1)c1cccc(F)c1. The smallest absolute Gasteiger partial charge is 0.251 e. The molecular weight excluding hydrogens is 559 g/mol. The van der Waals surface area contributed by atoms with Gasteiger partial charge in [-0.05, 0) is 49.6 Å². The van der Waals surface area contributed by atoms with Gasteiger partial charge < -0.3 is 5.32 Å². The van der Waals surface area contributed by atoms with Crippen molar-refractivity contribution in [2.45, 2.75) is 62.6 Å². The molecular formula is C29H27ClF3N5O3. The normalized spacial score (nSPS) is 19.6. The number of rotatable bonds is 7. The molecule has 1 saturated heterocycles. The van der Waals surface area contributed by atoms with Gasteiger partial charge in [0.25, 0.3) is 5.91 Å². The predicted molar refractivity (Wildman–Crippen MR) is 146 cm³/mol. The van der Waals surface area contributed by atoms with Crippen LogP contribution >= 0.6 is 11.6 Å². The van der Waals surface area contributed by atoms with Crippen molar-refractivity contribution in [2.24, 2.45) is 0 Å². The van der Waals surface area contributed by atoms with E-state index in [-0.39, 0.29) is 66.7 Å². The van der Waals surface area contributed by atoms with Crippen molar-refractivity contribution in [2.75, 3.05) is 9.80 Å². The lowest BCUT2D eigenvalue weighted by atomic mass is 9.91. The third-order valence-electron chi connectivity index (χ3n) is 7.36. The number of nitrogens with one attached hydrogen (secondary N) is 1. The number of alkyl halides is 2. The van der Waals surface area contributed by atoms with Gasteiger partial charge in [-0.1, -0.05) is 35.9 Å². The Morgan fingerprint density at radius 2 is 1.73 bits per heavy atom. The first-order valence-electron chi connectivity index (χ1n) is 13.2. The molecule has 214 valence electrons. The van der Waals surface area contributed by atoms with Gasteiger partial charge in [-0.25, -0.2) is 23.1 Å². The zero-order chi connectivity index (χ0) is 29.1. The monoisotopic (exact) mass is 585 g/mol. The number of amides is 3. The Balaban J connectivity index is 1.58. The van der Waals surface area contributed by atoms with Crippen LogP contribution in [0.1, 0.15) is 50.1 Å². The van der Waals surface area contributed by atoms with E-state index in [1.54, 1.807) is 30.3 Å². The van der Waals surface area contributed by atoms with Gasteiger partial charge in [-0.2, -0.15) is 0 Å². The fourth-order valence-electron chi connectivity index (χ4n) is 5.33. The van der Waals surface area contributed by atoms with Crippen molar-refractivity contribution < 1.29 is 27.6 Å². The Labute approximate surface area is 239 Å². The number of carbonyl (C=O) groups excluding carboxylic acids is 3. The van der Waals surface area contributed by atoms with E-state index >= 15 is 0 Å². The average molecular weight is 586 g/mol. The summed E-state index contributed by atoms with van der Waals surface area (Å²) in [7, 11) is 0. The summed E-state index contributed by atoms with van der Waals surface area (Å²) in [4.78, 5) is 51.9. The molecule has 1 aliphatic heterocycles. The summed E-state index contributed by atoms with van der Waals surface area (Å²) in [5.41, 5.74) is 0.302. The molecule has 1 aliphatic carbocycles. The first-order valence-corrected chi connectivity index (χ1v) is 13.6. The zero-order valence-corrected chi connectivity index (χ0v) is 22.6. The van der Waals surface area contributed by atoms with Gasteiger partial charge in [0.1, 0.15) is 17.9 Å². The molecule has 3 aromatic rings. The molecule has 2 fully saturated rings. The van der Waals surface area contributed by atoms with Gasteiger partial charge in [-0.15, -0.1) is 0 Å². The topological polar surface area (TPSA) is 95.5 Å². The van der Waals surface area contributed by atoms with Crippen LogP contribution in [0.4, 0.5) is 24.8 Å². The van der Waals surface area contributed by atoms with E-state index in [9.17, 15) is 27.6 Å². The number of hydrogen-bond acceptors (Lipinski definition) is 5. The fraction of sp³-hybridized carbons (Fsp3) is 0.345. The minimum atomic E-state index is -2.80. The van der Waals surface area contributed by atoms with Crippen LogP contribution in [0.5, 0.6) is 0 Å². The second kappa shape index (κ2) is 11.9. The second-order valence-corrected chi connectivity index (χ2v) is 10.5. The van der Waals surface area contributed by atoms with Crippen molar-refractivity contribution in [3.8, 4) is 0 Å². The van der Waals surface area contributed by atoms with Gasteiger partial charge in [0.15, 0.2) is 0 Å². The number of halogens is 4. The minimum absolute atomic E-state index is 0.0226. The molecule has 0 unspecified atom stereocenters. The van der Waals surface area contributed by atoms with Crippen molar-refractivity contribution in [3.05, 3.63) is 83.4 Å². The Bertz CT molecular complexity index is 1430. The first-order chi connectivity index (χ1) is 19.6. The molecule has 0 radical (unpaired) electrons. The van der Waals surface area contributed by atoms with E-state index in [2.05, 4.69) is 15.3 Å². The number of aromatic nitrogens is 2. The van der Waals surface area contributed by atoms with Gasteiger partial charge in [0.2, 0.25) is 23.7 Å². The van der Waals surface area contributed by atoms with Crippen LogP contribution in [0, 0.1) is 5.82 Å². The molecule has 5 rings (SSSR count). The Morgan fingerprint density at radius 1 is 1.02 bits per heavy atom. The number of hydrogen-bond donors (Lipinski definition) is 1. The summed E-state index contributed by atoms with van der Waals surface area (Å²) in [5.74, 6) is -5.16. The summed E-state index contributed by atoms with van der Waals surface area (Å²) in [6.07, 6.45) is 2.37. The molecule has 2 aromatic carbocycles. The van der Waals surface area contributed by atoms with Gasteiger partial charge in [0, 0.05) is 54.0 Å². The highest BCUT2D eigenvalue weighted by molar-refractivity contribution is 6.31. The molecule has 1 saturated carbocycles. The molecule has 1 N–H and O–H groups in total. The maximum atomic E-state index is 14.5. The number of anilines is 2. The molecule has 8 nitrogen and oxygen atoms in total. The molecule has 12 heteroatoms. The molecule has 1 aromatic heterocycles. The van der Waals surface area contributed by atoms with Crippen LogP contribution < -0.4 is 15.1 Å². The quantitative estimate of drug-likeness (QED) is 0.410. The van der Waals surface area contributed by atoms with Crippen LogP contribution in [0.3, 0.4) is 0 Å². The van der Waals surface area contributed by atoms with Crippen LogP contribution in [-0.2, 0) is 14.4 Å². The summed E-state index contributed by atoms with van der Waals surface area (Å²) in [5, 5.41) is 2.99. The number of nitrogens with zero attached hydrogens (tertiary/aromatic N) is 4. The molecule has 2 atom stereocenters. The van der Waals surface area contributed by atoms with Crippen LogP contribution in [0.25, 0.3) is 0 Å². The summed E-state index contributed by atoms with van der Waals surface area (Å²) >= 11 is 6.54. The van der Waals surface area contributed by atoms with E-state index < -0.39 is 41.7 Å². The third-order valence-corrected chi connectivity index (χ3v) is 7.70. The predicted octanol–water partition coefficient (Wildman–Crippen LogP) is 5.23. The van der Waals surface area contributed by atoms with E-state index in [0.717, 1.165) is 11.0 Å². The van der Waals surface area contributed by atoms with Gasteiger partial charge in [0.05, 0.1) is 0 Å². The molecule has 3 amide bonds. The van der Waals surface area contributed by atoms with Gasteiger partial charge >= 0.3 is 0 Å². The summed E-state index contributed by atoms with van der Waals surface area (Å²) < 4.78 is 42.2. The lowest BCUT2D eigenvalue weighted by molar-refractivity contribution is -0.128. The van der Waals surface area contributed by atoms with Crippen molar-refractivity contribution in [1.29, 1.82) is 0 Å². The number of benzene rings is 2. The minimum Gasteiger partial charge on any atom is -0.351 e. The van der Waals surface area contributed by atoms with Crippen molar-refractivity contribution >= 4 is 41.0 Å². The standard InChI is InChI=1S/C29H27ClF3N5O3/c30-22-8-2-1-7-21(22)25(26(40)36-19-11-13-29(32,33)14-12-19)37(20-6-3-5-18(31)17-20)27(41)23-9-10-24(39)38(23)28-34-15-4-16-35-28/h1-8,15-17,19,23,25H,9-14H2,(H,36,40)/t23-,25+/m0/s1. The van der Waals surface area contributed by atoms with Crippen LogP contribution in [-0.4, -0.2) is 45.7 Å². The fourth-order valence-corrected chi connectivity index (χ4v) is 5.57. The Hall–Kier alpha value is -3.99. The zero-order valence-electron chi connectivity index (χ0n) is 21.9. The van der Waals surface area contributed by atoms with Crippen molar-refractivity contribution in [1.82, 2.24) is 15.3 Å². The summed E-state index contributed by atoms with van der Waals surface area (Å²) in [6.45, 7) is 0. The Kier molecular flexibility index (Phi) is 8.25. The highest BCUT2D eigenvalue weighted by Gasteiger charge is 2.45. The molecule has 2 aliphatic rings. The first kappa shape index (κ1) is 28.5. The Morgan fingerprint density at radius 3 is 2.41 bits per heavy atom. The average Bonchev–Trinajstić information content (AvgIpc) is 3.34. The lowest BCUT2D eigenvalue weighted by Crippen LogP contribution is -2.53. The second-order valence-electron chi connectivity index (χ2n) is 10.1. The molecule has 41 heavy (non-hydrogen) atoms. The highest BCUT2D eigenvalue weighted by atomic mass is 35.5. The maximum Gasteiger partial charge on any atom is 0.251 e. The third kappa shape index (κ3) is 6.19. The molecule has 0 bridgehead atoms. The molecule has 2 heterocycles. The maximum absolute atomic E-state index is 14.5. The van der Waals surface area contributed by atoms with E-state index in [0.29, 0.717) is 0 Å². The summed E-state index contributed by atoms with van der Waals surface area (Å²) in [6, 6.07) is 10.1.